The lowest BCUT2D eigenvalue weighted by atomic mass is 10.1. The number of carbonyl (C=O) groups excluding carboxylic acids is 1. The Morgan fingerprint density at radius 2 is 2.18 bits per heavy atom. The molecule has 1 unspecified atom stereocenters. The second-order valence-corrected chi connectivity index (χ2v) is 6.48. The van der Waals surface area contributed by atoms with Crippen molar-refractivity contribution in [3.05, 3.63) is 23.9 Å². The van der Waals surface area contributed by atoms with Gasteiger partial charge in [-0.1, -0.05) is 0 Å². The summed E-state index contributed by atoms with van der Waals surface area (Å²) in [4.78, 5) is 20.3. The maximum Gasteiger partial charge on any atom is 0.410 e. The zero-order chi connectivity index (χ0) is 16.3. The van der Waals surface area contributed by atoms with Gasteiger partial charge in [0.2, 0.25) is 0 Å². The molecule has 0 aromatic carbocycles. The number of carbonyl (C=O) groups is 1. The Kier molecular flexibility index (Phi) is 4.55. The number of nitriles is 1. The van der Waals surface area contributed by atoms with Gasteiger partial charge in [0.15, 0.2) is 0 Å². The highest BCUT2D eigenvalue weighted by Gasteiger charge is 2.30. The molecule has 1 atom stereocenters. The Morgan fingerprint density at radius 1 is 1.45 bits per heavy atom. The SMILES string of the molecule is CC1CN(C(=O)OC(C)(C)C)CCN1c1cc(C#N)ccn1. The summed E-state index contributed by atoms with van der Waals surface area (Å²) in [5.74, 6) is 0.774. The summed E-state index contributed by atoms with van der Waals surface area (Å²) in [7, 11) is 0. The molecule has 1 amide bonds. The van der Waals surface area contributed by atoms with Crippen molar-refractivity contribution in [2.75, 3.05) is 24.5 Å². The highest BCUT2D eigenvalue weighted by atomic mass is 16.6. The average molecular weight is 302 g/mol. The predicted molar refractivity (Wildman–Crippen MR) is 83.6 cm³/mol. The van der Waals surface area contributed by atoms with E-state index in [1.54, 1.807) is 23.2 Å². The lowest BCUT2D eigenvalue weighted by Gasteiger charge is -2.40. The van der Waals surface area contributed by atoms with Crippen molar-refractivity contribution in [3.8, 4) is 6.07 Å². The standard InChI is InChI=1S/C16H22N4O2/c1-12-11-19(15(21)22-16(2,3)4)7-8-20(12)14-9-13(10-17)5-6-18-14/h5-6,9,12H,7-8,11H2,1-4H3. The quantitative estimate of drug-likeness (QED) is 0.796. The number of pyridine rings is 1. The van der Waals surface area contributed by atoms with Crippen LogP contribution >= 0.6 is 0 Å². The van der Waals surface area contributed by atoms with Crippen LogP contribution in [0.2, 0.25) is 0 Å². The van der Waals surface area contributed by atoms with Crippen LogP contribution in [0.5, 0.6) is 0 Å². The Balaban J connectivity index is 2.04. The molecule has 2 rings (SSSR count). The Bertz CT molecular complexity index is 589. The average Bonchev–Trinajstić information content (AvgIpc) is 2.45. The molecule has 0 bridgehead atoms. The minimum atomic E-state index is -0.486. The normalized spacial score (nSPS) is 18.8. The number of piperazine rings is 1. The number of nitrogens with zero attached hydrogens (tertiary/aromatic N) is 4. The second-order valence-electron chi connectivity index (χ2n) is 6.48. The summed E-state index contributed by atoms with van der Waals surface area (Å²) < 4.78 is 5.41. The number of ether oxygens (including phenoxy) is 1. The largest absolute Gasteiger partial charge is 0.444 e. The first-order valence-electron chi connectivity index (χ1n) is 7.41. The first-order chi connectivity index (χ1) is 10.3. The van der Waals surface area contributed by atoms with Gasteiger partial charge in [-0.3, -0.25) is 0 Å². The third kappa shape index (κ3) is 3.88. The van der Waals surface area contributed by atoms with Gasteiger partial charge in [0.1, 0.15) is 11.4 Å². The van der Waals surface area contributed by atoms with Crippen LogP contribution in [0.3, 0.4) is 0 Å². The van der Waals surface area contributed by atoms with E-state index in [0.717, 1.165) is 5.82 Å². The molecule has 0 spiro atoms. The van der Waals surface area contributed by atoms with Gasteiger partial charge in [-0.05, 0) is 39.8 Å². The molecule has 6 heteroatoms. The molecule has 0 aliphatic carbocycles. The first kappa shape index (κ1) is 16.1. The lowest BCUT2D eigenvalue weighted by Crippen LogP contribution is -2.54. The molecule has 1 aromatic heterocycles. The fourth-order valence-corrected chi connectivity index (χ4v) is 2.44. The minimum Gasteiger partial charge on any atom is -0.444 e. The van der Waals surface area contributed by atoms with E-state index < -0.39 is 5.60 Å². The van der Waals surface area contributed by atoms with Crippen LogP contribution in [0.4, 0.5) is 10.6 Å². The number of aromatic nitrogens is 1. The zero-order valence-corrected chi connectivity index (χ0v) is 13.5. The fourth-order valence-electron chi connectivity index (χ4n) is 2.44. The molecule has 6 nitrogen and oxygen atoms in total. The summed E-state index contributed by atoms with van der Waals surface area (Å²) in [5.41, 5.74) is 0.104. The number of amides is 1. The van der Waals surface area contributed by atoms with E-state index in [2.05, 4.69) is 16.0 Å². The van der Waals surface area contributed by atoms with Gasteiger partial charge in [-0.15, -0.1) is 0 Å². The van der Waals surface area contributed by atoms with Crippen LogP contribution < -0.4 is 4.90 Å². The van der Waals surface area contributed by atoms with E-state index in [9.17, 15) is 4.79 Å². The van der Waals surface area contributed by atoms with E-state index in [1.165, 1.54) is 0 Å². The molecular formula is C16H22N4O2. The van der Waals surface area contributed by atoms with Gasteiger partial charge in [-0.2, -0.15) is 5.26 Å². The van der Waals surface area contributed by atoms with Crippen LogP contribution in [0.25, 0.3) is 0 Å². The molecule has 2 heterocycles. The summed E-state index contributed by atoms with van der Waals surface area (Å²) in [6.07, 6.45) is 1.36. The number of anilines is 1. The van der Waals surface area contributed by atoms with Gasteiger partial charge >= 0.3 is 6.09 Å². The molecular weight excluding hydrogens is 280 g/mol. The molecule has 1 saturated heterocycles. The van der Waals surface area contributed by atoms with Crippen molar-refractivity contribution in [2.45, 2.75) is 39.3 Å². The van der Waals surface area contributed by atoms with Crippen LogP contribution in [0, 0.1) is 11.3 Å². The third-order valence-corrected chi connectivity index (χ3v) is 3.45. The third-order valence-electron chi connectivity index (χ3n) is 3.45. The van der Waals surface area contributed by atoms with Crippen LogP contribution in [0.15, 0.2) is 18.3 Å². The lowest BCUT2D eigenvalue weighted by molar-refractivity contribution is 0.0218. The van der Waals surface area contributed by atoms with Crippen molar-refractivity contribution in [1.29, 1.82) is 5.26 Å². The zero-order valence-electron chi connectivity index (χ0n) is 13.5. The van der Waals surface area contributed by atoms with Gasteiger partial charge in [0.25, 0.3) is 0 Å². The monoisotopic (exact) mass is 302 g/mol. The van der Waals surface area contributed by atoms with Crippen LogP contribution in [-0.4, -0.2) is 47.3 Å². The molecule has 118 valence electrons. The highest BCUT2D eigenvalue weighted by molar-refractivity contribution is 5.68. The van der Waals surface area contributed by atoms with Crippen molar-refractivity contribution < 1.29 is 9.53 Å². The molecule has 0 radical (unpaired) electrons. The second kappa shape index (κ2) is 6.22. The van der Waals surface area contributed by atoms with Crippen molar-refractivity contribution in [2.24, 2.45) is 0 Å². The molecule has 0 saturated carbocycles. The summed E-state index contributed by atoms with van der Waals surface area (Å²) in [6.45, 7) is 9.45. The molecule has 1 aromatic rings. The van der Waals surface area contributed by atoms with Gasteiger partial charge < -0.3 is 14.5 Å². The smallest absolute Gasteiger partial charge is 0.410 e. The molecule has 1 aliphatic rings. The van der Waals surface area contributed by atoms with E-state index >= 15 is 0 Å². The molecule has 22 heavy (non-hydrogen) atoms. The van der Waals surface area contributed by atoms with E-state index in [4.69, 9.17) is 10.00 Å². The number of hydrogen-bond acceptors (Lipinski definition) is 5. The van der Waals surface area contributed by atoms with Crippen molar-refractivity contribution in [3.63, 3.8) is 0 Å². The maximum absolute atomic E-state index is 12.1. The Morgan fingerprint density at radius 3 is 2.77 bits per heavy atom. The maximum atomic E-state index is 12.1. The highest BCUT2D eigenvalue weighted by Crippen LogP contribution is 2.20. The first-order valence-corrected chi connectivity index (χ1v) is 7.41. The topological polar surface area (TPSA) is 69.5 Å². The Labute approximate surface area is 131 Å². The van der Waals surface area contributed by atoms with E-state index in [0.29, 0.717) is 25.2 Å². The van der Waals surface area contributed by atoms with Crippen LogP contribution in [-0.2, 0) is 4.74 Å². The van der Waals surface area contributed by atoms with Gasteiger partial charge in [-0.25, -0.2) is 9.78 Å². The van der Waals surface area contributed by atoms with E-state index in [-0.39, 0.29) is 12.1 Å². The van der Waals surface area contributed by atoms with Crippen molar-refractivity contribution >= 4 is 11.9 Å². The number of rotatable bonds is 1. The van der Waals surface area contributed by atoms with E-state index in [1.807, 2.05) is 27.7 Å². The predicted octanol–water partition coefficient (Wildman–Crippen LogP) is 2.40. The van der Waals surface area contributed by atoms with Crippen molar-refractivity contribution in [1.82, 2.24) is 9.88 Å². The molecule has 1 aliphatic heterocycles. The fraction of sp³-hybridized carbons (Fsp3) is 0.562. The summed E-state index contributed by atoms with van der Waals surface area (Å²) >= 11 is 0. The summed E-state index contributed by atoms with van der Waals surface area (Å²) in [6, 6.07) is 5.70. The molecule has 0 N–H and O–H groups in total. The minimum absolute atomic E-state index is 0.114. The van der Waals surface area contributed by atoms with Gasteiger partial charge in [0.05, 0.1) is 11.6 Å². The van der Waals surface area contributed by atoms with Crippen LogP contribution in [0.1, 0.15) is 33.3 Å². The summed E-state index contributed by atoms with van der Waals surface area (Å²) in [5, 5.41) is 8.98. The number of hydrogen-bond donors (Lipinski definition) is 0. The van der Waals surface area contributed by atoms with Gasteiger partial charge in [0, 0.05) is 31.9 Å². The molecule has 1 fully saturated rings. The Hall–Kier alpha value is -2.29.